The third kappa shape index (κ3) is 3.75. The van der Waals surface area contributed by atoms with E-state index in [4.69, 9.17) is 16.3 Å². The number of anilines is 1. The number of para-hydroxylation sites is 1. The first-order valence-corrected chi connectivity index (χ1v) is 7.94. The normalized spacial score (nSPS) is 10.6. The fourth-order valence-corrected chi connectivity index (χ4v) is 2.91. The van der Waals surface area contributed by atoms with E-state index in [1.165, 1.54) is 11.3 Å². The topological polar surface area (TPSA) is 51.2 Å². The van der Waals surface area contributed by atoms with E-state index in [1.54, 1.807) is 24.3 Å². The molecule has 1 amide bonds. The first-order chi connectivity index (χ1) is 10.7. The lowest BCUT2D eigenvalue weighted by atomic mass is 10.3. The van der Waals surface area contributed by atoms with E-state index in [0.29, 0.717) is 22.5 Å². The van der Waals surface area contributed by atoms with E-state index in [9.17, 15) is 4.79 Å². The Morgan fingerprint density at radius 3 is 2.73 bits per heavy atom. The standard InChI is InChI=1S/C16H13ClN2O2S/c17-11-5-7-12(8-6-11)21-10-9-15(20)19-16-18-13-3-1-2-4-14(13)22-16/h1-8H,9-10H2,(H,18,19,20). The molecule has 3 rings (SSSR count). The minimum absolute atomic E-state index is 0.118. The molecule has 112 valence electrons. The number of nitrogens with zero attached hydrogens (tertiary/aromatic N) is 1. The number of nitrogens with one attached hydrogen (secondary N) is 1. The van der Waals surface area contributed by atoms with Gasteiger partial charge in [-0.25, -0.2) is 4.98 Å². The Morgan fingerprint density at radius 2 is 1.95 bits per heavy atom. The molecule has 22 heavy (non-hydrogen) atoms. The zero-order valence-corrected chi connectivity index (χ0v) is 13.2. The second kappa shape index (κ2) is 6.77. The summed E-state index contributed by atoms with van der Waals surface area (Å²) >= 11 is 7.25. The average Bonchev–Trinajstić information content (AvgIpc) is 2.91. The molecule has 0 spiro atoms. The number of benzene rings is 2. The molecule has 0 fully saturated rings. The number of rotatable bonds is 5. The van der Waals surface area contributed by atoms with E-state index in [2.05, 4.69) is 10.3 Å². The van der Waals surface area contributed by atoms with Crippen LogP contribution in [0.2, 0.25) is 5.02 Å². The second-order valence-corrected chi connectivity index (χ2v) is 6.05. The van der Waals surface area contributed by atoms with Gasteiger partial charge in [-0.05, 0) is 36.4 Å². The van der Waals surface area contributed by atoms with E-state index in [-0.39, 0.29) is 12.3 Å². The molecule has 0 atom stereocenters. The first-order valence-electron chi connectivity index (χ1n) is 6.74. The number of hydrogen-bond donors (Lipinski definition) is 1. The highest BCUT2D eigenvalue weighted by Crippen LogP contribution is 2.25. The number of thiazole rings is 1. The molecule has 6 heteroatoms. The summed E-state index contributed by atoms with van der Waals surface area (Å²) in [5, 5.41) is 4.06. The van der Waals surface area contributed by atoms with Crippen molar-refractivity contribution in [3.05, 3.63) is 53.6 Å². The second-order valence-electron chi connectivity index (χ2n) is 4.59. The molecule has 0 aliphatic carbocycles. The number of carbonyl (C=O) groups is 1. The van der Waals surface area contributed by atoms with Crippen molar-refractivity contribution in [2.24, 2.45) is 0 Å². The fourth-order valence-electron chi connectivity index (χ4n) is 1.90. The van der Waals surface area contributed by atoms with Crippen LogP contribution in [-0.2, 0) is 4.79 Å². The number of carbonyl (C=O) groups excluding carboxylic acids is 1. The Morgan fingerprint density at radius 1 is 1.18 bits per heavy atom. The molecule has 0 saturated carbocycles. The molecule has 3 aromatic rings. The van der Waals surface area contributed by atoms with Gasteiger partial charge in [-0.2, -0.15) is 0 Å². The van der Waals surface area contributed by atoms with Crippen molar-refractivity contribution in [1.29, 1.82) is 0 Å². The van der Waals surface area contributed by atoms with Crippen LogP contribution < -0.4 is 10.1 Å². The summed E-state index contributed by atoms with van der Waals surface area (Å²) in [4.78, 5) is 16.2. The maximum Gasteiger partial charge on any atom is 0.229 e. The smallest absolute Gasteiger partial charge is 0.229 e. The van der Waals surface area contributed by atoms with Crippen LogP contribution in [0, 0.1) is 0 Å². The van der Waals surface area contributed by atoms with E-state index in [0.717, 1.165) is 10.2 Å². The molecule has 0 aliphatic heterocycles. The Bertz CT molecular complexity index is 753. The zero-order chi connectivity index (χ0) is 15.4. The Balaban J connectivity index is 1.50. The largest absolute Gasteiger partial charge is 0.493 e. The van der Waals surface area contributed by atoms with E-state index >= 15 is 0 Å². The number of hydrogen-bond acceptors (Lipinski definition) is 4. The lowest BCUT2D eigenvalue weighted by Crippen LogP contribution is -2.14. The molecule has 2 aromatic carbocycles. The lowest BCUT2D eigenvalue weighted by Gasteiger charge is -2.05. The van der Waals surface area contributed by atoms with Crippen LogP contribution >= 0.6 is 22.9 Å². The Labute approximate surface area is 136 Å². The lowest BCUT2D eigenvalue weighted by molar-refractivity contribution is -0.116. The van der Waals surface area contributed by atoms with Crippen LogP contribution in [0.15, 0.2) is 48.5 Å². The van der Waals surface area contributed by atoms with Crippen molar-refractivity contribution in [2.75, 3.05) is 11.9 Å². The average molecular weight is 333 g/mol. The van der Waals surface area contributed by atoms with Gasteiger partial charge in [-0.3, -0.25) is 4.79 Å². The summed E-state index contributed by atoms with van der Waals surface area (Å²) in [6.45, 7) is 0.304. The van der Waals surface area contributed by atoms with Gasteiger partial charge in [0.25, 0.3) is 0 Å². The minimum atomic E-state index is -0.118. The van der Waals surface area contributed by atoms with Crippen LogP contribution in [0.25, 0.3) is 10.2 Å². The zero-order valence-electron chi connectivity index (χ0n) is 11.6. The number of amides is 1. The molecule has 0 saturated heterocycles. The molecular formula is C16H13ClN2O2S. The van der Waals surface area contributed by atoms with Crippen molar-refractivity contribution in [3.8, 4) is 5.75 Å². The molecule has 4 nitrogen and oxygen atoms in total. The third-order valence-corrected chi connectivity index (χ3v) is 4.16. The highest BCUT2D eigenvalue weighted by molar-refractivity contribution is 7.22. The van der Waals surface area contributed by atoms with Crippen LogP contribution in [0.5, 0.6) is 5.75 Å². The Kier molecular flexibility index (Phi) is 4.56. The van der Waals surface area contributed by atoms with Gasteiger partial charge >= 0.3 is 0 Å². The maximum absolute atomic E-state index is 11.9. The SMILES string of the molecule is O=C(CCOc1ccc(Cl)cc1)Nc1nc2ccccc2s1. The summed E-state index contributed by atoms with van der Waals surface area (Å²) in [7, 11) is 0. The molecule has 1 N–H and O–H groups in total. The van der Waals surface area contributed by atoms with Crippen molar-refractivity contribution >= 4 is 44.2 Å². The number of aromatic nitrogens is 1. The highest BCUT2D eigenvalue weighted by Gasteiger charge is 2.07. The first kappa shape index (κ1) is 14.8. The third-order valence-electron chi connectivity index (χ3n) is 2.95. The van der Waals surface area contributed by atoms with Gasteiger partial charge in [0.2, 0.25) is 5.91 Å². The molecule has 1 aromatic heterocycles. The summed E-state index contributed by atoms with van der Waals surface area (Å²) < 4.78 is 6.54. The van der Waals surface area contributed by atoms with Crippen LogP contribution in [-0.4, -0.2) is 17.5 Å². The fraction of sp³-hybridized carbons (Fsp3) is 0.125. The highest BCUT2D eigenvalue weighted by atomic mass is 35.5. The number of halogens is 1. The van der Waals surface area contributed by atoms with E-state index < -0.39 is 0 Å². The quantitative estimate of drug-likeness (QED) is 0.755. The molecule has 0 unspecified atom stereocenters. The van der Waals surface area contributed by atoms with E-state index in [1.807, 2.05) is 24.3 Å². The minimum Gasteiger partial charge on any atom is -0.493 e. The molecular weight excluding hydrogens is 320 g/mol. The van der Waals surface area contributed by atoms with Crippen molar-refractivity contribution < 1.29 is 9.53 Å². The van der Waals surface area contributed by atoms with Gasteiger partial charge in [0.05, 0.1) is 23.2 Å². The predicted octanol–water partition coefficient (Wildman–Crippen LogP) is 4.36. The van der Waals surface area contributed by atoms with Gasteiger partial charge in [0.15, 0.2) is 5.13 Å². The van der Waals surface area contributed by atoms with Crippen LogP contribution in [0.3, 0.4) is 0 Å². The van der Waals surface area contributed by atoms with Gasteiger partial charge in [-0.1, -0.05) is 35.1 Å². The predicted molar refractivity (Wildman–Crippen MR) is 89.8 cm³/mol. The monoisotopic (exact) mass is 332 g/mol. The number of ether oxygens (including phenoxy) is 1. The van der Waals surface area contributed by atoms with Gasteiger partial charge < -0.3 is 10.1 Å². The molecule has 0 aliphatic rings. The van der Waals surface area contributed by atoms with Crippen LogP contribution in [0.1, 0.15) is 6.42 Å². The summed E-state index contributed by atoms with van der Waals surface area (Å²) in [5.74, 6) is 0.574. The van der Waals surface area contributed by atoms with Crippen molar-refractivity contribution in [2.45, 2.75) is 6.42 Å². The van der Waals surface area contributed by atoms with Crippen molar-refractivity contribution in [3.63, 3.8) is 0 Å². The number of fused-ring (bicyclic) bond motifs is 1. The summed E-state index contributed by atoms with van der Waals surface area (Å²) in [5.41, 5.74) is 0.889. The molecule has 0 radical (unpaired) electrons. The van der Waals surface area contributed by atoms with Gasteiger partial charge in [0, 0.05) is 5.02 Å². The summed E-state index contributed by atoms with van der Waals surface area (Å²) in [6, 6.07) is 14.8. The maximum atomic E-state index is 11.9. The van der Waals surface area contributed by atoms with Gasteiger partial charge in [0.1, 0.15) is 5.75 Å². The van der Waals surface area contributed by atoms with Crippen LogP contribution in [0.4, 0.5) is 5.13 Å². The van der Waals surface area contributed by atoms with Gasteiger partial charge in [-0.15, -0.1) is 0 Å². The molecule has 0 bridgehead atoms. The summed E-state index contributed by atoms with van der Waals surface area (Å²) in [6.07, 6.45) is 0.262. The molecule has 1 heterocycles. The Hall–Kier alpha value is -2.11. The van der Waals surface area contributed by atoms with Crippen molar-refractivity contribution in [1.82, 2.24) is 4.98 Å².